The molecule has 0 amide bonds. The fraction of sp³-hybridized carbons (Fsp3) is 0.727. The molecule has 0 aliphatic carbocycles. The quantitative estimate of drug-likeness (QED) is 0.293. The molecule has 0 heterocycles. The van der Waals surface area contributed by atoms with Gasteiger partial charge in [0, 0.05) is 0 Å². The Hall–Kier alpha value is -1.41. The molecule has 0 spiro atoms. The van der Waals surface area contributed by atoms with E-state index in [0.29, 0.717) is 0 Å². The van der Waals surface area contributed by atoms with Gasteiger partial charge in [0.1, 0.15) is 5.03 Å². The number of halogens is 14. The molecule has 0 N–H and O–H groups in total. The number of hydrogen-bond acceptors (Lipinski definition) is 2. The minimum absolute atomic E-state index is 0.262. The Morgan fingerprint density at radius 2 is 1.11 bits per heavy atom. The number of ether oxygens (including phenoxy) is 1. The van der Waals surface area contributed by atoms with E-state index < -0.39 is 52.9 Å². The van der Waals surface area contributed by atoms with Crippen molar-refractivity contribution in [3.63, 3.8) is 0 Å². The molecule has 0 bridgehead atoms. The summed E-state index contributed by atoms with van der Waals surface area (Å²) in [5, 5.41) is -1.26. The van der Waals surface area contributed by atoms with Gasteiger partial charge in [0.15, 0.2) is 6.10 Å². The second-order valence-electron chi connectivity index (χ2n) is 4.87. The Labute approximate surface area is 145 Å². The van der Waals surface area contributed by atoms with E-state index >= 15 is 0 Å². The lowest BCUT2D eigenvalue weighted by molar-refractivity contribution is -0.443. The molecule has 0 aliphatic rings. The topological polar surface area (TPSA) is 26.3 Å². The van der Waals surface area contributed by atoms with E-state index in [1.165, 1.54) is 0 Å². The van der Waals surface area contributed by atoms with Crippen molar-refractivity contribution in [3.8, 4) is 0 Å². The van der Waals surface area contributed by atoms with Gasteiger partial charge in [0.25, 0.3) is 0 Å². The van der Waals surface area contributed by atoms with E-state index in [2.05, 4.69) is 11.3 Å². The molecule has 1 unspecified atom stereocenters. The van der Waals surface area contributed by atoms with Gasteiger partial charge in [-0.1, -0.05) is 18.2 Å². The Balaban J connectivity index is 6.22. The summed E-state index contributed by atoms with van der Waals surface area (Å²) in [5.74, 6) is -40.0. The van der Waals surface area contributed by atoms with Crippen molar-refractivity contribution in [2.75, 3.05) is 0 Å². The van der Waals surface area contributed by atoms with Gasteiger partial charge in [-0.25, -0.2) is 4.79 Å². The summed E-state index contributed by atoms with van der Waals surface area (Å²) in [5.41, 5.74) is 0. The molecule has 1 atom stereocenters. The van der Waals surface area contributed by atoms with Crippen LogP contribution in [0, 0.1) is 0 Å². The maximum atomic E-state index is 13.5. The highest BCUT2D eigenvalue weighted by Gasteiger charge is 2.91. The van der Waals surface area contributed by atoms with Crippen LogP contribution in [0.3, 0.4) is 0 Å². The lowest BCUT2D eigenvalue weighted by Gasteiger charge is -2.40. The van der Waals surface area contributed by atoms with E-state index in [9.17, 15) is 61.9 Å². The molecular formula is C11H6ClF13O2. The van der Waals surface area contributed by atoms with Crippen LogP contribution in [-0.2, 0) is 9.53 Å². The Kier molecular flexibility index (Phi) is 6.52. The normalized spacial score (nSPS) is 16.1. The number of esters is 1. The lowest BCUT2D eigenvalue weighted by Crippen LogP contribution is -2.71. The van der Waals surface area contributed by atoms with Crippen molar-refractivity contribution >= 4 is 17.6 Å². The number of alkyl halides is 13. The first-order valence-corrected chi connectivity index (χ1v) is 6.39. The molecule has 0 aliphatic heterocycles. The standard InChI is InChI=1S/C11H6ClF13O2/c1-3(12)5(26)27-4(2)6(13,14)7(15,16)8(17,18)9(19,20)10(21,22)11(23,24)25/h4H,1H2,2H3. The summed E-state index contributed by atoms with van der Waals surface area (Å²) in [6, 6.07) is 0. The first kappa shape index (κ1) is 25.6. The average molecular weight is 453 g/mol. The third-order valence-electron chi connectivity index (χ3n) is 2.97. The highest BCUT2D eigenvalue weighted by molar-refractivity contribution is 6.40. The summed E-state index contributed by atoms with van der Waals surface area (Å²) < 4.78 is 170. The minimum atomic E-state index is -8.02. The van der Waals surface area contributed by atoms with Crippen LogP contribution < -0.4 is 0 Å². The fourth-order valence-corrected chi connectivity index (χ4v) is 1.38. The highest BCUT2D eigenvalue weighted by atomic mass is 35.5. The maximum absolute atomic E-state index is 13.5. The highest BCUT2D eigenvalue weighted by Crippen LogP contribution is 2.60. The van der Waals surface area contributed by atoms with Crippen LogP contribution in [0.15, 0.2) is 11.6 Å². The van der Waals surface area contributed by atoms with Gasteiger partial charge < -0.3 is 4.74 Å². The van der Waals surface area contributed by atoms with Gasteiger partial charge >= 0.3 is 41.8 Å². The van der Waals surface area contributed by atoms with Crippen LogP contribution in [0.1, 0.15) is 6.92 Å². The second kappa shape index (κ2) is 6.88. The van der Waals surface area contributed by atoms with Crippen LogP contribution in [0.4, 0.5) is 57.1 Å². The first-order valence-electron chi connectivity index (χ1n) is 6.01. The zero-order valence-corrected chi connectivity index (χ0v) is 13.1. The van der Waals surface area contributed by atoms with Crippen LogP contribution in [0.25, 0.3) is 0 Å². The van der Waals surface area contributed by atoms with Crippen LogP contribution >= 0.6 is 11.6 Å². The van der Waals surface area contributed by atoms with Gasteiger partial charge in [-0.2, -0.15) is 57.1 Å². The van der Waals surface area contributed by atoms with E-state index in [1.54, 1.807) is 0 Å². The van der Waals surface area contributed by atoms with Crippen molar-refractivity contribution in [1.29, 1.82) is 0 Å². The number of rotatable bonds is 7. The van der Waals surface area contributed by atoms with Gasteiger partial charge in [-0.05, 0) is 6.92 Å². The predicted octanol–water partition coefficient (Wildman–Crippen LogP) is 5.41. The molecule has 0 aromatic carbocycles. The lowest BCUT2D eigenvalue weighted by atomic mass is 9.92. The Morgan fingerprint density at radius 3 is 1.41 bits per heavy atom. The second-order valence-corrected chi connectivity index (χ2v) is 5.33. The number of carbonyl (C=O) groups is 1. The van der Waals surface area contributed by atoms with Crippen LogP contribution in [0.5, 0.6) is 0 Å². The van der Waals surface area contributed by atoms with Gasteiger partial charge in [0.05, 0.1) is 0 Å². The van der Waals surface area contributed by atoms with Crippen molar-refractivity contribution in [1.82, 2.24) is 0 Å². The van der Waals surface area contributed by atoms with E-state index in [0.717, 1.165) is 0 Å². The molecule has 160 valence electrons. The maximum Gasteiger partial charge on any atom is 0.460 e. The molecule has 0 rings (SSSR count). The fourth-order valence-electron chi connectivity index (χ4n) is 1.34. The van der Waals surface area contributed by atoms with E-state index in [-0.39, 0.29) is 6.92 Å². The molecule has 16 heteroatoms. The molecule has 0 saturated carbocycles. The monoisotopic (exact) mass is 452 g/mol. The van der Waals surface area contributed by atoms with E-state index in [1.807, 2.05) is 0 Å². The summed E-state index contributed by atoms with van der Waals surface area (Å²) >= 11 is 4.82. The largest absolute Gasteiger partial charge is 0.460 e. The summed E-state index contributed by atoms with van der Waals surface area (Å²) in [7, 11) is 0. The van der Waals surface area contributed by atoms with Crippen LogP contribution in [0.2, 0.25) is 0 Å². The number of hydrogen-bond donors (Lipinski definition) is 0. The molecule has 0 aromatic rings. The minimum Gasteiger partial charge on any atom is -0.452 e. The molecule has 27 heavy (non-hydrogen) atoms. The SMILES string of the molecule is C=C(Cl)C(=O)OC(C)C(F)(F)C(F)(F)C(F)(F)C(F)(F)C(F)(F)C(F)(F)F. The third-order valence-corrected chi connectivity index (χ3v) is 3.13. The third kappa shape index (κ3) is 3.78. The molecule has 0 radical (unpaired) electrons. The van der Waals surface area contributed by atoms with Crippen LogP contribution in [-0.4, -0.2) is 47.9 Å². The smallest absolute Gasteiger partial charge is 0.452 e. The average Bonchev–Trinajstić information content (AvgIpc) is 2.44. The number of carbonyl (C=O) groups excluding carboxylic acids is 1. The van der Waals surface area contributed by atoms with Crippen molar-refractivity contribution in [3.05, 3.63) is 11.6 Å². The van der Waals surface area contributed by atoms with Gasteiger partial charge in [-0.15, -0.1) is 0 Å². The zero-order chi connectivity index (χ0) is 22.4. The molecular weight excluding hydrogens is 447 g/mol. The molecule has 0 aromatic heterocycles. The molecule has 2 nitrogen and oxygen atoms in total. The van der Waals surface area contributed by atoms with Crippen molar-refractivity contribution < 1.29 is 66.6 Å². The summed E-state index contributed by atoms with van der Waals surface area (Å²) in [4.78, 5) is 10.8. The summed E-state index contributed by atoms with van der Waals surface area (Å²) in [6.07, 6.45) is -11.2. The summed E-state index contributed by atoms with van der Waals surface area (Å²) in [6.45, 7) is 2.30. The van der Waals surface area contributed by atoms with Crippen molar-refractivity contribution in [2.45, 2.75) is 48.8 Å². The Morgan fingerprint density at radius 1 is 0.778 bits per heavy atom. The Bertz CT molecular complexity index is 596. The van der Waals surface area contributed by atoms with Gasteiger partial charge in [0.2, 0.25) is 0 Å². The molecule has 0 fully saturated rings. The van der Waals surface area contributed by atoms with Gasteiger partial charge in [-0.3, -0.25) is 0 Å². The predicted molar refractivity (Wildman–Crippen MR) is 61.3 cm³/mol. The van der Waals surface area contributed by atoms with E-state index in [4.69, 9.17) is 11.6 Å². The zero-order valence-electron chi connectivity index (χ0n) is 12.4. The first-order chi connectivity index (χ1) is 11.5. The molecule has 0 saturated heterocycles. The van der Waals surface area contributed by atoms with Crippen molar-refractivity contribution in [2.24, 2.45) is 0 Å².